The molecule has 1 aliphatic heterocycles. The van der Waals surface area contributed by atoms with Gasteiger partial charge in [0.15, 0.2) is 5.13 Å². The number of ketones is 1. The number of aliphatic hydroxyl groups is 1. The molecule has 3 aromatic carbocycles. The maximum Gasteiger partial charge on any atom is 0.301 e. The first-order valence-electron chi connectivity index (χ1n) is 10.1. The van der Waals surface area contributed by atoms with Crippen LogP contribution in [0.2, 0.25) is 15.1 Å². The van der Waals surface area contributed by atoms with Crippen LogP contribution in [0.5, 0.6) is 0 Å². The lowest BCUT2D eigenvalue weighted by Crippen LogP contribution is -2.29. The first kappa shape index (κ1) is 22.9. The Balaban J connectivity index is 1.74. The Hall–Kier alpha value is -2.90. The highest BCUT2D eigenvalue weighted by Gasteiger charge is 2.48. The van der Waals surface area contributed by atoms with Crippen molar-refractivity contribution in [2.75, 3.05) is 4.90 Å². The minimum atomic E-state index is -0.952. The van der Waals surface area contributed by atoms with Crippen LogP contribution < -0.4 is 4.90 Å². The number of amides is 1. The number of hydrogen-bond donors (Lipinski definition) is 1. The quantitative estimate of drug-likeness (QED) is 0.173. The molecule has 0 bridgehead atoms. The van der Waals surface area contributed by atoms with Gasteiger partial charge in [-0.1, -0.05) is 58.3 Å². The summed E-state index contributed by atoms with van der Waals surface area (Å²) in [6.07, 6.45) is 0. The van der Waals surface area contributed by atoms with Gasteiger partial charge >= 0.3 is 5.91 Å². The number of halogens is 3. The third-order valence-electron chi connectivity index (χ3n) is 5.56. The average molecular weight is 530 g/mol. The number of aryl methyl sites for hydroxylation is 1. The number of benzene rings is 3. The predicted octanol–water partition coefficient (Wildman–Crippen LogP) is 7.19. The fourth-order valence-electron chi connectivity index (χ4n) is 3.91. The SMILES string of the molecule is Cc1ccc2nc(N3C(=O)C(=O)/C(=C(/O)c4ccc(Cl)cc4)C3c3ccc(Cl)c(Cl)c3)sc2c1. The van der Waals surface area contributed by atoms with E-state index in [1.807, 2.05) is 25.1 Å². The van der Waals surface area contributed by atoms with E-state index in [4.69, 9.17) is 34.8 Å². The topological polar surface area (TPSA) is 70.5 Å². The molecular weight excluding hydrogens is 515 g/mol. The molecule has 0 aliphatic carbocycles. The maximum absolute atomic E-state index is 13.3. The molecular formula is C25H15Cl3N2O3S. The molecule has 1 amide bonds. The zero-order chi connectivity index (χ0) is 24.1. The van der Waals surface area contributed by atoms with Crippen molar-refractivity contribution in [2.45, 2.75) is 13.0 Å². The lowest BCUT2D eigenvalue weighted by atomic mass is 9.95. The molecule has 1 aromatic heterocycles. The number of fused-ring (bicyclic) bond motifs is 1. The van der Waals surface area contributed by atoms with Crippen molar-refractivity contribution < 1.29 is 14.7 Å². The molecule has 0 spiro atoms. The zero-order valence-electron chi connectivity index (χ0n) is 17.6. The van der Waals surface area contributed by atoms with E-state index in [1.165, 1.54) is 16.2 Å². The van der Waals surface area contributed by atoms with Gasteiger partial charge in [0.1, 0.15) is 5.76 Å². The standard InChI is InChI=1S/C25H15Cl3N2O3S/c1-12-2-9-18-19(10-12)34-25(29-18)30-21(14-5-8-16(27)17(28)11-14)20(23(32)24(30)33)22(31)13-3-6-15(26)7-4-13/h2-11,21,31H,1H3/b22-20+. The van der Waals surface area contributed by atoms with E-state index >= 15 is 0 Å². The minimum absolute atomic E-state index is 0.0684. The summed E-state index contributed by atoms with van der Waals surface area (Å²) in [7, 11) is 0. The van der Waals surface area contributed by atoms with Crippen LogP contribution in [0.4, 0.5) is 5.13 Å². The van der Waals surface area contributed by atoms with Crippen LogP contribution in [-0.4, -0.2) is 21.8 Å². The Morgan fingerprint density at radius 2 is 1.71 bits per heavy atom. The monoisotopic (exact) mass is 528 g/mol. The summed E-state index contributed by atoms with van der Waals surface area (Å²) in [6, 6.07) is 16.0. The summed E-state index contributed by atoms with van der Waals surface area (Å²) in [5, 5.41) is 12.6. The molecule has 1 aliphatic rings. The van der Waals surface area contributed by atoms with Gasteiger partial charge in [0.2, 0.25) is 0 Å². The number of Topliss-reactive ketones (excluding diaryl/α,β-unsaturated/α-hetero) is 1. The minimum Gasteiger partial charge on any atom is -0.507 e. The van der Waals surface area contributed by atoms with E-state index in [9.17, 15) is 14.7 Å². The van der Waals surface area contributed by atoms with Gasteiger partial charge in [-0.25, -0.2) is 4.98 Å². The summed E-state index contributed by atoms with van der Waals surface area (Å²) in [5.41, 5.74) is 2.56. The van der Waals surface area contributed by atoms with Crippen molar-refractivity contribution in [1.82, 2.24) is 4.98 Å². The number of thiazole rings is 1. The van der Waals surface area contributed by atoms with E-state index in [0.717, 1.165) is 10.3 Å². The Labute approximate surface area is 213 Å². The number of rotatable bonds is 3. The molecule has 170 valence electrons. The highest BCUT2D eigenvalue weighted by Crippen LogP contribution is 2.45. The van der Waals surface area contributed by atoms with E-state index in [1.54, 1.807) is 42.5 Å². The molecule has 1 unspecified atom stereocenters. The Morgan fingerprint density at radius 1 is 0.971 bits per heavy atom. The summed E-state index contributed by atoms with van der Waals surface area (Å²) < 4.78 is 0.877. The fraction of sp³-hybridized carbons (Fsp3) is 0.0800. The normalized spacial score (nSPS) is 17.6. The molecule has 0 saturated carbocycles. The molecule has 9 heteroatoms. The molecule has 2 heterocycles. The average Bonchev–Trinajstić information content (AvgIpc) is 3.33. The van der Waals surface area contributed by atoms with E-state index in [0.29, 0.717) is 31.8 Å². The fourth-order valence-corrected chi connectivity index (χ4v) is 5.44. The Morgan fingerprint density at radius 3 is 2.41 bits per heavy atom. The molecule has 1 N–H and O–H groups in total. The molecule has 1 atom stereocenters. The number of nitrogens with zero attached hydrogens (tertiary/aromatic N) is 2. The van der Waals surface area contributed by atoms with Crippen molar-refractivity contribution in [3.63, 3.8) is 0 Å². The number of anilines is 1. The van der Waals surface area contributed by atoms with Crippen LogP contribution in [0.3, 0.4) is 0 Å². The van der Waals surface area contributed by atoms with Gasteiger partial charge in [-0.3, -0.25) is 14.5 Å². The smallest absolute Gasteiger partial charge is 0.301 e. The van der Waals surface area contributed by atoms with Crippen LogP contribution in [0, 0.1) is 6.92 Å². The predicted molar refractivity (Wildman–Crippen MR) is 137 cm³/mol. The number of aliphatic hydroxyl groups excluding tert-OH is 1. The third kappa shape index (κ3) is 3.87. The summed E-state index contributed by atoms with van der Waals surface area (Å²) in [6.45, 7) is 1.97. The molecule has 1 saturated heterocycles. The first-order chi connectivity index (χ1) is 16.2. The van der Waals surface area contributed by atoms with Crippen LogP contribution >= 0.6 is 46.1 Å². The van der Waals surface area contributed by atoms with Crippen molar-refractivity contribution in [1.29, 1.82) is 0 Å². The van der Waals surface area contributed by atoms with Gasteiger partial charge in [-0.2, -0.15) is 0 Å². The van der Waals surface area contributed by atoms with Crippen molar-refractivity contribution >= 4 is 78.9 Å². The molecule has 5 rings (SSSR count). The van der Waals surface area contributed by atoms with Crippen LogP contribution in [0.15, 0.2) is 66.2 Å². The van der Waals surface area contributed by atoms with Gasteiger partial charge in [-0.05, 0) is 66.6 Å². The van der Waals surface area contributed by atoms with Crippen LogP contribution in [0.25, 0.3) is 16.0 Å². The highest BCUT2D eigenvalue weighted by atomic mass is 35.5. The molecule has 5 nitrogen and oxygen atoms in total. The van der Waals surface area contributed by atoms with E-state index < -0.39 is 17.7 Å². The number of carbonyl (C=O) groups excluding carboxylic acids is 2. The van der Waals surface area contributed by atoms with E-state index in [-0.39, 0.29) is 16.4 Å². The van der Waals surface area contributed by atoms with Gasteiger partial charge in [0.05, 0.1) is 31.9 Å². The first-order valence-corrected chi connectivity index (χ1v) is 12.1. The van der Waals surface area contributed by atoms with Gasteiger partial charge in [0, 0.05) is 10.6 Å². The number of carbonyl (C=O) groups is 2. The number of aromatic nitrogens is 1. The zero-order valence-corrected chi connectivity index (χ0v) is 20.6. The number of hydrogen-bond acceptors (Lipinski definition) is 5. The summed E-state index contributed by atoms with van der Waals surface area (Å²) >= 11 is 19.7. The van der Waals surface area contributed by atoms with Crippen LogP contribution in [0.1, 0.15) is 22.7 Å². The summed E-state index contributed by atoms with van der Waals surface area (Å²) in [4.78, 5) is 32.5. The van der Waals surface area contributed by atoms with Gasteiger partial charge in [0.25, 0.3) is 5.78 Å². The van der Waals surface area contributed by atoms with Gasteiger partial charge < -0.3 is 5.11 Å². The second-order valence-electron chi connectivity index (χ2n) is 7.82. The second-order valence-corrected chi connectivity index (χ2v) is 10.1. The molecule has 34 heavy (non-hydrogen) atoms. The molecule has 4 aromatic rings. The lowest BCUT2D eigenvalue weighted by Gasteiger charge is -2.23. The highest BCUT2D eigenvalue weighted by molar-refractivity contribution is 7.22. The largest absolute Gasteiger partial charge is 0.507 e. The van der Waals surface area contributed by atoms with Crippen molar-refractivity contribution in [3.05, 3.63) is 98.0 Å². The van der Waals surface area contributed by atoms with E-state index in [2.05, 4.69) is 4.98 Å². The molecule has 0 radical (unpaired) electrons. The molecule has 1 fully saturated rings. The third-order valence-corrected chi connectivity index (χ3v) is 7.57. The maximum atomic E-state index is 13.3. The van der Waals surface area contributed by atoms with Crippen LogP contribution in [-0.2, 0) is 9.59 Å². The van der Waals surface area contributed by atoms with Gasteiger partial charge in [-0.15, -0.1) is 0 Å². The van der Waals surface area contributed by atoms with Crippen molar-refractivity contribution in [2.24, 2.45) is 0 Å². The van der Waals surface area contributed by atoms with Crippen molar-refractivity contribution in [3.8, 4) is 0 Å². The summed E-state index contributed by atoms with van der Waals surface area (Å²) in [5.74, 6) is -1.92. The Bertz CT molecular complexity index is 1510. The Kier molecular flexibility index (Phi) is 5.86. The second kappa shape index (κ2) is 8.71. The lowest BCUT2D eigenvalue weighted by molar-refractivity contribution is -0.132.